The summed E-state index contributed by atoms with van der Waals surface area (Å²) in [7, 11) is 1.34. The number of hydrogen-bond acceptors (Lipinski definition) is 9. The number of nitrogens with one attached hydrogen (secondary N) is 1. The molecule has 12 nitrogen and oxygen atoms in total. The highest BCUT2D eigenvalue weighted by atomic mass is 16.6. The number of benzene rings is 3. The van der Waals surface area contributed by atoms with E-state index in [4.69, 9.17) is 14.2 Å². The van der Waals surface area contributed by atoms with Gasteiger partial charge in [0.15, 0.2) is 11.5 Å². The first-order valence-electron chi connectivity index (χ1n) is 10.7. The van der Waals surface area contributed by atoms with E-state index in [1.807, 2.05) is 13.0 Å². The molecule has 0 heterocycles. The van der Waals surface area contributed by atoms with Gasteiger partial charge in [-0.2, -0.15) is 5.26 Å². The van der Waals surface area contributed by atoms with E-state index in [1.165, 1.54) is 31.4 Å². The maximum atomic E-state index is 12.6. The average molecular weight is 504 g/mol. The molecule has 0 aromatic heterocycles. The summed E-state index contributed by atoms with van der Waals surface area (Å²) >= 11 is 0. The van der Waals surface area contributed by atoms with Crippen LogP contribution in [0.15, 0.2) is 66.2 Å². The number of non-ortho nitro benzene ring substituents is 1. The zero-order chi connectivity index (χ0) is 26.9. The summed E-state index contributed by atoms with van der Waals surface area (Å²) < 4.78 is 16.3. The summed E-state index contributed by atoms with van der Waals surface area (Å²) in [5.41, 5.74) is -0.353. The quantitative estimate of drug-likeness (QED) is 0.168. The summed E-state index contributed by atoms with van der Waals surface area (Å²) in [6.07, 6.45) is 1.34. The summed E-state index contributed by atoms with van der Waals surface area (Å²) in [5.74, 6) is 0.00154. The zero-order valence-corrected chi connectivity index (χ0v) is 19.7. The Kier molecular flexibility index (Phi) is 8.35. The van der Waals surface area contributed by atoms with E-state index >= 15 is 0 Å². The summed E-state index contributed by atoms with van der Waals surface area (Å²) in [5, 5.41) is 34.5. The molecule has 0 bridgehead atoms. The molecule has 0 saturated heterocycles. The third-order valence-corrected chi connectivity index (χ3v) is 4.86. The number of nitrogens with zero attached hydrogens (tertiary/aromatic N) is 3. The maximum absolute atomic E-state index is 12.6. The number of ether oxygens (including phenoxy) is 3. The molecule has 0 aliphatic carbocycles. The summed E-state index contributed by atoms with van der Waals surface area (Å²) in [6.45, 7) is 2.36. The van der Waals surface area contributed by atoms with Crippen LogP contribution in [0.1, 0.15) is 12.5 Å². The fraction of sp³-hybridized carbons (Fsp3) is 0.120. The second-order valence-corrected chi connectivity index (χ2v) is 7.26. The minimum Gasteiger partial charge on any atom is -0.494 e. The van der Waals surface area contributed by atoms with Crippen molar-refractivity contribution < 1.29 is 28.9 Å². The number of hydrogen-bond donors (Lipinski definition) is 1. The molecule has 1 amide bonds. The Morgan fingerprint density at radius 2 is 1.70 bits per heavy atom. The first kappa shape index (κ1) is 26.2. The predicted octanol–water partition coefficient (Wildman–Crippen LogP) is 5.25. The number of anilines is 1. The molecule has 3 aromatic rings. The van der Waals surface area contributed by atoms with Crippen molar-refractivity contribution in [1.29, 1.82) is 5.26 Å². The molecule has 0 fully saturated rings. The number of nitro groups is 2. The SMILES string of the molecule is CCOc1ccc(NC(=O)C(C#N)=Cc2ccc(Oc3ccc([N+](=O)[O-])cc3[N+](=O)[O-])c(OC)c2)cc1. The molecule has 3 aromatic carbocycles. The van der Waals surface area contributed by atoms with Crippen LogP contribution in [-0.2, 0) is 4.79 Å². The largest absolute Gasteiger partial charge is 0.494 e. The van der Waals surface area contributed by atoms with Gasteiger partial charge >= 0.3 is 5.69 Å². The number of rotatable bonds is 10. The van der Waals surface area contributed by atoms with Crippen LogP contribution >= 0.6 is 0 Å². The molecular weight excluding hydrogens is 484 g/mol. The normalized spacial score (nSPS) is 10.7. The van der Waals surface area contributed by atoms with Crippen LogP contribution in [-0.4, -0.2) is 29.5 Å². The van der Waals surface area contributed by atoms with Crippen LogP contribution in [0.5, 0.6) is 23.0 Å². The molecule has 12 heteroatoms. The second kappa shape index (κ2) is 11.8. The van der Waals surface area contributed by atoms with Crippen LogP contribution in [0.2, 0.25) is 0 Å². The maximum Gasteiger partial charge on any atom is 0.318 e. The molecule has 37 heavy (non-hydrogen) atoms. The fourth-order valence-corrected chi connectivity index (χ4v) is 3.14. The van der Waals surface area contributed by atoms with Crippen molar-refractivity contribution >= 4 is 29.0 Å². The molecule has 0 atom stereocenters. The first-order chi connectivity index (χ1) is 17.7. The average Bonchev–Trinajstić information content (AvgIpc) is 2.89. The predicted molar refractivity (Wildman–Crippen MR) is 133 cm³/mol. The molecule has 0 aliphatic rings. The lowest BCUT2D eigenvalue weighted by Crippen LogP contribution is -2.13. The van der Waals surface area contributed by atoms with Crippen molar-refractivity contribution in [3.05, 3.63) is 92.0 Å². The Labute approximate surface area is 210 Å². The van der Waals surface area contributed by atoms with Crippen molar-refractivity contribution in [3.63, 3.8) is 0 Å². The van der Waals surface area contributed by atoms with Gasteiger partial charge in [-0.25, -0.2) is 0 Å². The molecule has 3 rings (SSSR count). The van der Waals surface area contributed by atoms with E-state index in [0.29, 0.717) is 23.6 Å². The lowest BCUT2D eigenvalue weighted by Gasteiger charge is -2.11. The van der Waals surface area contributed by atoms with Crippen LogP contribution in [0.25, 0.3) is 6.08 Å². The number of amides is 1. The second-order valence-electron chi connectivity index (χ2n) is 7.26. The minimum absolute atomic E-state index is 0.0777. The first-order valence-corrected chi connectivity index (χ1v) is 10.7. The van der Waals surface area contributed by atoms with Crippen molar-refractivity contribution in [3.8, 4) is 29.1 Å². The van der Waals surface area contributed by atoms with E-state index in [-0.39, 0.29) is 22.8 Å². The van der Waals surface area contributed by atoms with Crippen LogP contribution < -0.4 is 19.5 Å². The molecule has 0 aliphatic heterocycles. The molecule has 188 valence electrons. The Bertz CT molecular complexity index is 1410. The third kappa shape index (κ3) is 6.58. The molecule has 0 radical (unpaired) electrons. The minimum atomic E-state index is -0.798. The van der Waals surface area contributed by atoms with Gasteiger partial charge in [-0.05, 0) is 61.0 Å². The van der Waals surface area contributed by atoms with Gasteiger partial charge in [-0.3, -0.25) is 25.0 Å². The van der Waals surface area contributed by atoms with Crippen LogP contribution in [0.3, 0.4) is 0 Å². The topological polar surface area (TPSA) is 167 Å². The number of nitriles is 1. The number of nitro benzene ring substituents is 2. The van der Waals surface area contributed by atoms with E-state index in [0.717, 1.165) is 18.2 Å². The van der Waals surface area contributed by atoms with E-state index in [1.54, 1.807) is 24.3 Å². The lowest BCUT2D eigenvalue weighted by atomic mass is 10.1. The van der Waals surface area contributed by atoms with Crippen molar-refractivity contribution in [1.82, 2.24) is 0 Å². The van der Waals surface area contributed by atoms with Crippen LogP contribution in [0.4, 0.5) is 17.1 Å². The van der Waals surface area contributed by atoms with Gasteiger partial charge in [0.25, 0.3) is 11.6 Å². The Morgan fingerprint density at radius 1 is 1.00 bits per heavy atom. The van der Waals surface area contributed by atoms with Crippen molar-refractivity contribution in [2.45, 2.75) is 6.92 Å². The fourth-order valence-electron chi connectivity index (χ4n) is 3.14. The van der Waals surface area contributed by atoms with Gasteiger partial charge in [-0.1, -0.05) is 6.07 Å². The summed E-state index contributed by atoms with van der Waals surface area (Å²) in [6, 6.07) is 15.9. The highest BCUT2D eigenvalue weighted by Gasteiger charge is 2.22. The van der Waals surface area contributed by atoms with Gasteiger partial charge in [0.05, 0.1) is 29.6 Å². The van der Waals surface area contributed by atoms with Crippen LogP contribution in [0, 0.1) is 31.6 Å². The molecule has 0 saturated carbocycles. The Hall–Kier alpha value is -5.44. The number of carbonyl (C=O) groups excluding carboxylic acids is 1. The monoisotopic (exact) mass is 504 g/mol. The highest BCUT2D eigenvalue weighted by molar-refractivity contribution is 6.09. The van der Waals surface area contributed by atoms with Gasteiger partial charge in [0, 0.05) is 11.8 Å². The van der Waals surface area contributed by atoms with Crippen molar-refractivity contribution in [2.24, 2.45) is 0 Å². The molecule has 0 spiro atoms. The molecule has 0 unspecified atom stereocenters. The van der Waals surface area contributed by atoms with E-state index in [2.05, 4.69) is 5.32 Å². The smallest absolute Gasteiger partial charge is 0.318 e. The van der Waals surface area contributed by atoms with Gasteiger partial charge in [-0.15, -0.1) is 0 Å². The van der Waals surface area contributed by atoms with E-state index in [9.17, 15) is 30.3 Å². The zero-order valence-electron chi connectivity index (χ0n) is 19.7. The van der Waals surface area contributed by atoms with Crippen molar-refractivity contribution in [2.75, 3.05) is 19.0 Å². The molecular formula is C25H20N4O8. The standard InChI is InChI=1S/C25H20N4O8/c1-3-36-20-8-5-18(6-9-20)27-25(30)17(15-26)12-16-4-10-23(24(13-16)35-2)37-22-11-7-19(28(31)32)14-21(22)29(33)34/h4-14H,3H2,1-2H3,(H,27,30). The van der Waals surface area contributed by atoms with Gasteiger partial charge in [0.2, 0.25) is 5.75 Å². The Morgan fingerprint density at radius 3 is 2.30 bits per heavy atom. The Balaban J connectivity index is 1.83. The molecule has 1 N–H and O–H groups in total. The van der Waals surface area contributed by atoms with Gasteiger partial charge < -0.3 is 19.5 Å². The van der Waals surface area contributed by atoms with E-state index < -0.39 is 27.1 Å². The highest BCUT2D eigenvalue weighted by Crippen LogP contribution is 2.38. The number of methoxy groups -OCH3 is 1. The summed E-state index contributed by atoms with van der Waals surface area (Å²) in [4.78, 5) is 33.4. The van der Waals surface area contributed by atoms with Gasteiger partial charge in [0.1, 0.15) is 17.4 Å². The lowest BCUT2D eigenvalue weighted by molar-refractivity contribution is -0.394. The number of carbonyl (C=O) groups is 1. The third-order valence-electron chi connectivity index (χ3n) is 4.86.